The third kappa shape index (κ3) is 26.0. The maximum absolute atomic E-state index is 13.9. The summed E-state index contributed by atoms with van der Waals surface area (Å²) >= 11 is 0. The van der Waals surface area contributed by atoms with Crippen LogP contribution in [0.4, 0.5) is 0 Å². The van der Waals surface area contributed by atoms with E-state index in [1.165, 1.54) is 32.1 Å². The van der Waals surface area contributed by atoms with Crippen molar-refractivity contribution < 1.29 is 91.9 Å². The number of fused-ring (bicyclic) bond motifs is 4. The molecule has 1 aliphatic heterocycles. The number of allylic oxidation sites excluding steroid dienone is 2. The van der Waals surface area contributed by atoms with Gasteiger partial charge in [-0.1, -0.05) is 134 Å². The number of unbranched alkanes of at least 4 members (excludes halogenated alkanes) is 13. The van der Waals surface area contributed by atoms with E-state index in [1.807, 2.05) is 6.92 Å². The first-order valence-corrected chi connectivity index (χ1v) is 28.0. The predicted octanol–water partition coefficient (Wildman–Crippen LogP) is 6.32. The van der Waals surface area contributed by atoms with Crippen molar-refractivity contribution in [3.63, 3.8) is 0 Å². The number of rotatable bonds is 25. The molecule has 19 nitrogen and oxygen atoms in total. The SMILES string of the molecule is CC/C=C\CCCCCCCCCCCCCC(=O)OC[C@@H]1COP(=O)(O)O[C@H]2[C@H](O)[C@@H](O)[C@H](O)[C@@H](CCCCCCC(=O)O1)[C@@H](O)CC(=O)[C@H](/C=C/[C@@H](O)CCCCC)[C@@H](O)[C@H]2OP(=O)(O)O. The van der Waals surface area contributed by atoms with Gasteiger partial charge in [-0.25, -0.2) is 9.13 Å². The van der Waals surface area contributed by atoms with Crippen LogP contribution in [0.3, 0.4) is 0 Å². The van der Waals surface area contributed by atoms with Crippen LogP contribution in [-0.4, -0.2) is 131 Å². The van der Waals surface area contributed by atoms with Gasteiger partial charge in [0.1, 0.15) is 36.8 Å². The summed E-state index contributed by atoms with van der Waals surface area (Å²) in [7, 11) is -11.5. The van der Waals surface area contributed by atoms with Crippen LogP contribution in [0.25, 0.3) is 0 Å². The second kappa shape index (κ2) is 34.4. The van der Waals surface area contributed by atoms with E-state index in [0.29, 0.717) is 32.1 Å². The number of phosphoric acid groups is 2. The van der Waals surface area contributed by atoms with Gasteiger partial charge in [0.25, 0.3) is 0 Å². The lowest BCUT2D eigenvalue weighted by Crippen LogP contribution is -2.56. The first kappa shape index (κ1) is 62.2. The molecule has 1 heterocycles. The summed E-state index contributed by atoms with van der Waals surface area (Å²) in [5, 5.41) is 68.0. The van der Waals surface area contributed by atoms with E-state index in [0.717, 1.165) is 69.9 Å². The average molecular weight is 1020 g/mol. The van der Waals surface area contributed by atoms with Crippen LogP contribution in [0.2, 0.25) is 0 Å². The van der Waals surface area contributed by atoms with Crippen LogP contribution in [0.1, 0.15) is 174 Å². The minimum absolute atomic E-state index is 0.0575. The fourth-order valence-corrected chi connectivity index (χ4v) is 10.0. The molecule has 1 unspecified atom stereocenters. The Kier molecular flexibility index (Phi) is 31.5. The fraction of sp³-hybridized carbons (Fsp3) is 0.851. The Morgan fingerprint density at radius 3 is 2.09 bits per heavy atom. The number of hydrogen-bond donors (Lipinski definition) is 9. The molecule has 2 fully saturated rings. The number of Topliss-reactive ketones (excluding diaryl/α,β-unsaturated/α-hetero) is 1. The van der Waals surface area contributed by atoms with Gasteiger partial charge in [0.15, 0.2) is 6.10 Å². The molecule has 2 bridgehead atoms. The number of aliphatic hydroxyl groups excluding tert-OH is 6. The molecular formula is C47H84O19P2. The van der Waals surface area contributed by atoms with Crippen molar-refractivity contribution in [1.82, 2.24) is 0 Å². The Balaban J connectivity index is 2.27. The highest BCUT2D eigenvalue weighted by atomic mass is 31.2. The number of hydrogen-bond acceptors (Lipinski definition) is 16. The lowest BCUT2D eigenvalue weighted by atomic mass is 9.82. The highest BCUT2D eigenvalue weighted by Gasteiger charge is 2.51. The average Bonchev–Trinajstić information content (AvgIpc) is 3.28. The molecule has 0 radical (unpaired) electrons. The quantitative estimate of drug-likeness (QED) is 0.0209. The summed E-state index contributed by atoms with van der Waals surface area (Å²) in [6.45, 7) is 2.50. The molecular weight excluding hydrogens is 930 g/mol. The van der Waals surface area contributed by atoms with Gasteiger partial charge in [0.05, 0.1) is 36.9 Å². The van der Waals surface area contributed by atoms with Crippen molar-refractivity contribution in [3.8, 4) is 0 Å². The molecule has 0 aromatic rings. The molecule has 1 saturated carbocycles. The molecule has 0 aromatic carbocycles. The number of carbonyl (C=O) groups is 3. The lowest BCUT2D eigenvalue weighted by Gasteiger charge is -2.38. The number of ether oxygens (including phenoxy) is 2. The topological polar surface area (TPSA) is 314 Å². The minimum Gasteiger partial charge on any atom is -0.462 e. The Bertz CT molecular complexity index is 1570. The summed E-state index contributed by atoms with van der Waals surface area (Å²) < 4.78 is 52.1. The molecule has 2 aliphatic rings. The number of ketones is 1. The van der Waals surface area contributed by atoms with Crippen molar-refractivity contribution in [2.45, 2.75) is 229 Å². The van der Waals surface area contributed by atoms with Gasteiger partial charge < -0.3 is 54.8 Å². The second-order valence-corrected chi connectivity index (χ2v) is 20.9. The van der Waals surface area contributed by atoms with E-state index in [9.17, 15) is 68.8 Å². The van der Waals surface area contributed by atoms with Gasteiger partial charge in [-0.3, -0.25) is 28.0 Å². The van der Waals surface area contributed by atoms with Gasteiger partial charge in [-0.05, 0) is 44.9 Å². The number of phosphoric ester groups is 2. The summed E-state index contributed by atoms with van der Waals surface area (Å²) in [6, 6.07) is 0. The Hall–Kier alpha value is -1.93. The maximum atomic E-state index is 13.9. The fourth-order valence-electron chi connectivity index (χ4n) is 8.48. The Morgan fingerprint density at radius 1 is 0.824 bits per heavy atom. The van der Waals surface area contributed by atoms with E-state index >= 15 is 0 Å². The van der Waals surface area contributed by atoms with Crippen molar-refractivity contribution in [2.24, 2.45) is 11.8 Å². The van der Waals surface area contributed by atoms with E-state index in [1.54, 1.807) is 0 Å². The zero-order valence-corrected chi connectivity index (χ0v) is 42.0. The molecule has 396 valence electrons. The third-order valence-electron chi connectivity index (χ3n) is 12.4. The standard InChI is InChI=1S/C47H84O19P2/c1-3-5-7-8-9-10-11-12-13-14-15-16-17-18-23-27-40(51)62-32-35-33-63-68(60,61)66-47-45(56)44(55)42(53)36(26-22-19-20-24-28-41(52)64-35)38(49)31-39(50)37(30-29-34(48)25-21-6-4-2)43(54)46(47)65-67(57,58)59/h5,7,29-30,34-38,42-49,53-56H,3-4,6,8-28,31-33H2,1-2H3,(H,60,61)(H2,57,58,59)/b7-5-,30-29+/t34-,35+,36-,37-,38-,42+,43+,44-,45+,46+,47-/m0/s1. The van der Waals surface area contributed by atoms with E-state index in [2.05, 4.69) is 19.1 Å². The second-order valence-electron chi connectivity index (χ2n) is 18.3. The van der Waals surface area contributed by atoms with Crippen molar-refractivity contribution in [1.29, 1.82) is 0 Å². The van der Waals surface area contributed by atoms with Gasteiger partial charge in [-0.2, -0.15) is 0 Å². The van der Waals surface area contributed by atoms with Crippen LogP contribution < -0.4 is 0 Å². The van der Waals surface area contributed by atoms with Crippen LogP contribution in [0, 0.1) is 11.8 Å². The van der Waals surface area contributed by atoms with Crippen molar-refractivity contribution >= 4 is 33.4 Å². The van der Waals surface area contributed by atoms with Crippen LogP contribution >= 0.6 is 15.6 Å². The highest BCUT2D eigenvalue weighted by Crippen LogP contribution is 2.49. The first-order valence-electron chi connectivity index (χ1n) is 25.0. The molecule has 1 aliphatic carbocycles. The number of esters is 2. The zero-order chi connectivity index (χ0) is 50.5. The highest BCUT2D eigenvalue weighted by molar-refractivity contribution is 7.47. The van der Waals surface area contributed by atoms with Gasteiger partial charge in [-0.15, -0.1) is 0 Å². The Morgan fingerprint density at radius 2 is 1.46 bits per heavy atom. The summed E-state index contributed by atoms with van der Waals surface area (Å²) in [6.07, 6.45) is 4.14. The van der Waals surface area contributed by atoms with Crippen LogP contribution in [0.15, 0.2) is 24.3 Å². The molecule has 9 N–H and O–H groups in total. The molecule has 68 heavy (non-hydrogen) atoms. The molecule has 12 atom stereocenters. The van der Waals surface area contributed by atoms with E-state index in [4.69, 9.17) is 23.0 Å². The smallest absolute Gasteiger partial charge is 0.462 e. The van der Waals surface area contributed by atoms with E-state index in [-0.39, 0.29) is 32.1 Å². The monoisotopic (exact) mass is 1010 g/mol. The van der Waals surface area contributed by atoms with Crippen LogP contribution in [-0.2, 0) is 46.6 Å². The summed E-state index contributed by atoms with van der Waals surface area (Å²) in [5.74, 6) is -5.60. The summed E-state index contributed by atoms with van der Waals surface area (Å²) in [5.41, 5.74) is 0. The normalized spacial score (nSPS) is 30.5. The Labute approximate surface area is 402 Å². The molecule has 0 aromatic heterocycles. The predicted molar refractivity (Wildman–Crippen MR) is 251 cm³/mol. The molecule has 2 rings (SSSR count). The summed E-state index contributed by atoms with van der Waals surface area (Å²) in [4.78, 5) is 70.6. The zero-order valence-electron chi connectivity index (χ0n) is 40.3. The number of aliphatic hydroxyl groups is 6. The van der Waals surface area contributed by atoms with Crippen LogP contribution in [0.5, 0.6) is 0 Å². The third-order valence-corrected chi connectivity index (χ3v) is 13.9. The maximum Gasteiger partial charge on any atom is 0.472 e. The molecule has 0 amide bonds. The molecule has 1 saturated heterocycles. The van der Waals surface area contributed by atoms with Gasteiger partial charge in [0, 0.05) is 25.2 Å². The van der Waals surface area contributed by atoms with Crippen molar-refractivity contribution in [3.05, 3.63) is 24.3 Å². The van der Waals surface area contributed by atoms with Gasteiger partial charge >= 0.3 is 27.6 Å². The minimum atomic E-state index is -5.78. The molecule has 21 heteroatoms. The largest absolute Gasteiger partial charge is 0.472 e. The number of cyclic esters (lactones) is 1. The van der Waals surface area contributed by atoms with Crippen molar-refractivity contribution in [2.75, 3.05) is 13.2 Å². The molecule has 0 spiro atoms. The van der Waals surface area contributed by atoms with Gasteiger partial charge in [0.2, 0.25) is 0 Å². The lowest BCUT2D eigenvalue weighted by molar-refractivity contribution is -0.165. The first-order chi connectivity index (χ1) is 32.3. The van der Waals surface area contributed by atoms with E-state index < -0.39 is 120 Å². The number of carbonyl (C=O) groups excluding carboxylic acids is 3.